The van der Waals surface area contributed by atoms with E-state index in [0.717, 1.165) is 48.4 Å². The van der Waals surface area contributed by atoms with Crippen LogP contribution in [0.3, 0.4) is 0 Å². The average Bonchev–Trinajstić information content (AvgIpc) is 3.38. The van der Waals surface area contributed by atoms with Crippen molar-refractivity contribution in [3.8, 4) is 5.75 Å². The predicted octanol–water partition coefficient (Wildman–Crippen LogP) is 3.52. The molecule has 3 heterocycles. The van der Waals surface area contributed by atoms with Crippen LogP contribution in [0.5, 0.6) is 5.75 Å². The lowest BCUT2D eigenvalue weighted by atomic mass is 9.93. The van der Waals surface area contributed by atoms with Gasteiger partial charge in [-0.3, -0.25) is 9.69 Å². The number of anilines is 1. The Labute approximate surface area is 218 Å². The molecule has 0 bridgehead atoms. The second kappa shape index (κ2) is 11.4. The van der Waals surface area contributed by atoms with Gasteiger partial charge in [-0.15, -0.1) is 0 Å². The van der Waals surface area contributed by atoms with Gasteiger partial charge in [0.2, 0.25) is 0 Å². The third-order valence-corrected chi connectivity index (χ3v) is 7.55. The topological polar surface area (TPSA) is 113 Å². The Morgan fingerprint density at radius 2 is 2.22 bits per heavy atom. The van der Waals surface area contributed by atoms with Gasteiger partial charge in [0.25, 0.3) is 5.91 Å². The number of rotatable bonds is 10. The van der Waals surface area contributed by atoms with Gasteiger partial charge in [0, 0.05) is 44.0 Å². The molecule has 1 saturated carbocycles. The molecule has 5 rings (SSSR count). The zero-order chi connectivity index (χ0) is 24.9. The summed E-state index contributed by atoms with van der Waals surface area (Å²) in [7, 11) is 0. The first-order valence-electron chi connectivity index (χ1n) is 12.3. The highest BCUT2D eigenvalue weighted by Gasteiger charge is 2.23. The van der Waals surface area contributed by atoms with E-state index in [-0.39, 0.29) is 12.5 Å². The van der Waals surface area contributed by atoms with Crippen LogP contribution in [-0.4, -0.2) is 57.7 Å². The van der Waals surface area contributed by atoms with Gasteiger partial charge in [0.05, 0.1) is 16.8 Å². The Balaban J connectivity index is 1.10. The molecule has 3 N–H and O–H groups in total. The van der Waals surface area contributed by atoms with Crippen LogP contribution in [0.15, 0.2) is 51.9 Å². The third kappa shape index (κ3) is 6.05. The largest absolute Gasteiger partial charge is 0.484 e. The molecule has 36 heavy (non-hydrogen) atoms. The number of aromatic nitrogens is 2. The molecule has 1 aliphatic heterocycles. The van der Waals surface area contributed by atoms with Crippen LogP contribution in [0.25, 0.3) is 0 Å². The van der Waals surface area contributed by atoms with E-state index in [0.29, 0.717) is 30.5 Å². The van der Waals surface area contributed by atoms with E-state index >= 15 is 0 Å². The number of halogens is 1. The van der Waals surface area contributed by atoms with Crippen molar-refractivity contribution < 1.29 is 19.1 Å². The number of aliphatic hydroxyl groups is 1. The normalized spacial score (nSPS) is 16.6. The number of ether oxygens (including phenoxy) is 1. The van der Waals surface area contributed by atoms with E-state index in [1.54, 1.807) is 24.5 Å². The summed E-state index contributed by atoms with van der Waals surface area (Å²) in [6.45, 7) is 2.52. The summed E-state index contributed by atoms with van der Waals surface area (Å²) in [5.74, 6) is 1.95. The zero-order valence-electron chi connectivity index (χ0n) is 20.0. The van der Waals surface area contributed by atoms with Crippen molar-refractivity contribution in [2.24, 2.45) is 0 Å². The molecule has 9 nitrogen and oxygen atoms in total. The van der Waals surface area contributed by atoms with Gasteiger partial charge in [-0.25, -0.2) is 9.97 Å². The van der Waals surface area contributed by atoms with Crippen LogP contribution in [0.4, 0.5) is 5.82 Å². The van der Waals surface area contributed by atoms with E-state index in [4.69, 9.17) is 9.15 Å². The number of hydrogen-bond donors (Lipinski definition) is 3. The Morgan fingerprint density at radius 1 is 1.33 bits per heavy atom. The van der Waals surface area contributed by atoms with Gasteiger partial charge in [-0.2, -0.15) is 0 Å². The number of fused-ring (bicyclic) bond motifs is 1. The lowest BCUT2D eigenvalue weighted by molar-refractivity contribution is 0.0841. The van der Waals surface area contributed by atoms with Gasteiger partial charge >= 0.3 is 0 Å². The molecule has 2 aromatic heterocycles. The van der Waals surface area contributed by atoms with E-state index in [1.807, 2.05) is 6.07 Å². The van der Waals surface area contributed by atoms with Crippen molar-refractivity contribution in [1.29, 1.82) is 0 Å². The second-order valence-electron chi connectivity index (χ2n) is 9.32. The summed E-state index contributed by atoms with van der Waals surface area (Å²) in [5, 5.41) is 16.8. The summed E-state index contributed by atoms with van der Waals surface area (Å²) in [5.41, 5.74) is 2.95. The molecular formula is C26H30BrN5O4. The first kappa shape index (κ1) is 24.7. The fraction of sp³-hybridized carbons (Fsp3) is 0.423. The summed E-state index contributed by atoms with van der Waals surface area (Å²) >= 11 is 3.69. The number of aliphatic hydroxyl groups excluding tert-OH is 1. The van der Waals surface area contributed by atoms with Gasteiger partial charge in [0.1, 0.15) is 18.2 Å². The number of amides is 1. The average molecular weight is 556 g/mol. The van der Waals surface area contributed by atoms with Crippen LogP contribution in [0.1, 0.15) is 46.5 Å². The molecule has 3 aromatic rings. The highest BCUT2D eigenvalue weighted by atomic mass is 79.9. The number of nitrogens with zero attached hydrogens (tertiary/aromatic N) is 3. The Bertz CT molecular complexity index is 1190. The van der Waals surface area contributed by atoms with Gasteiger partial charge < -0.3 is 24.9 Å². The molecule has 0 saturated heterocycles. The first-order valence-corrected chi connectivity index (χ1v) is 13.1. The van der Waals surface area contributed by atoms with Crippen molar-refractivity contribution in [2.75, 3.05) is 25.0 Å². The maximum Gasteiger partial charge on any atom is 0.251 e. The van der Waals surface area contributed by atoms with E-state index in [2.05, 4.69) is 47.5 Å². The molecule has 1 amide bonds. The molecule has 0 radical (unpaired) electrons. The van der Waals surface area contributed by atoms with Crippen molar-refractivity contribution in [1.82, 2.24) is 20.2 Å². The number of benzene rings is 1. The Hall–Kier alpha value is -2.95. The molecule has 0 spiro atoms. The Morgan fingerprint density at radius 3 is 3.00 bits per heavy atom. The monoisotopic (exact) mass is 555 g/mol. The maximum absolute atomic E-state index is 12.6. The fourth-order valence-corrected chi connectivity index (χ4v) is 5.16. The molecule has 0 unspecified atom stereocenters. The molecule has 1 fully saturated rings. The molecule has 1 atom stereocenters. The summed E-state index contributed by atoms with van der Waals surface area (Å²) < 4.78 is 12.1. The minimum atomic E-state index is -0.669. The third-order valence-electron chi connectivity index (χ3n) is 6.68. The lowest BCUT2D eigenvalue weighted by Crippen LogP contribution is -2.42. The summed E-state index contributed by atoms with van der Waals surface area (Å²) in [4.78, 5) is 23.0. The van der Waals surface area contributed by atoms with E-state index < -0.39 is 6.10 Å². The first-order chi connectivity index (χ1) is 17.5. The Kier molecular flexibility index (Phi) is 7.84. The van der Waals surface area contributed by atoms with Crippen molar-refractivity contribution in [3.63, 3.8) is 0 Å². The van der Waals surface area contributed by atoms with Gasteiger partial charge in [0.15, 0.2) is 12.2 Å². The van der Waals surface area contributed by atoms with Gasteiger partial charge in [-0.1, -0.05) is 6.07 Å². The van der Waals surface area contributed by atoms with E-state index in [9.17, 15) is 9.90 Å². The van der Waals surface area contributed by atoms with Crippen molar-refractivity contribution >= 4 is 27.7 Å². The number of β-amino-alcohol motifs (C(OH)–C–C–N with tert-alkyl or cyclic N) is 1. The number of hydrogen-bond acceptors (Lipinski definition) is 8. The van der Waals surface area contributed by atoms with Gasteiger partial charge in [-0.05, 0) is 70.9 Å². The quantitative estimate of drug-likeness (QED) is 0.348. The highest BCUT2D eigenvalue weighted by molar-refractivity contribution is 9.10. The lowest BCUT2D eigenvalue weighted by Gasteiger charge is -2.31. The number of carbonyl (C=O) groups is 1. The molecule has 1 aromatic carbocycles. The molecule has 190 valence electrons. The van der Waals surface area contributed by atoms with E-state index in [1.165, 1.54) is 23.9 Å². The highest BCUT2D eigenvalue weighted by Crippen LogP contribution is 2.35. The second-order valence-corrected chi connectivity index (χ2v) is 10.1. The van der Waals surface area contributed by atoms with Crippen LogP contribution in [0, 0.1) is 0 Å². The molecular weight excluding hydrogens is 526 g/mol. The van der Waals surface area contributed by atoms with Crippen molar-refractivity contribution in [2.45, 2.75) is 51.0 Å². The van der Waals surface area contributed by atoms with Crippen LogP contribution in [0.2, 0.25) is 0 Å². The van der Waals surface area contributed by atoms with Crippen LogP contribution >= 0.6 is 15.9 Å². The molecule has 2 aliphatic rings. The summed E-state index contributed by atoms with van der Waals surface area (Å²) in [6, 6.07) is 7.92. The minimum Gasteiger partial charge on any atom is -0.484 e. The zero-order valence-corrected chi connectivity index (χ0v) is 21.5. The van der Waals surface area contributed by atoms with Crippen LogP contribution < -0.4 is 15.4 Å². The summed E-state index contributed by atoms with van der Waals surface area (Å²) in [6.07, 6.45) is 8.34. The number of nitrogens with one attached hydrogen (secondary N) is 2. The number of oxazole rings is 1. The fourth-order valence-electron chi connectivity index (χ4n) is 4.47. The molecule has 1 aliphatic carbocycles. The standard InChI is InChI=1S/C26H30BrN5O4/c27-25-22-7-9-32(13-18(22)4-5-23(25)35-15-21-12-28-16-36-21)14-20(33)11-30-26(34)17-6-8-29-24(10-17)31-19-2-1-3-19/h4-6,8,10,12,16,19-20,33H,1-3,7,9,11,13-15H2,(H,29,31)(H,30,34)/t20-/m0/s1. The minimum absolute atomic E-state index is 0.189. The number of pyridine rings is 1. The van der Waals surface area contributed by atoms with Crippen LogP contribution in [-0.2, 0) is 19.6 Å². The number of carbonyl (C=O) groups excluding carboxylic acids is 1. The maximum atomic E-state index is 12.6. The molecule has 10 heteroatoms. The SMILES string of the molecule is O=C(NC[C@H](O)CN1CCc2c(ccc(OCc3cnco3)c2Br)C1)c1ccnc(NC2CCC2)c1. The van der Waals surface area contributed by atoms with Crippen molar-refractivity contribution in [3.05, 3.63) is 70.0 Å². The predicted molar refractivity (Wildman–Crippen MR) is 138 cm³/mol. The smallest absolute Gasteiger partial charge is 0.251 e.